The van der Waals surface area contributed by atoms with Gasteiger partial charge in [0.1, 0.15) is 14.0 Å². The van der Waals surface area contributed by atoms with Crippen LogP contribution in [0.15, 0.2) is 4.60 Å². The van der Waals surface area contributed by atoms with Gasteiger partial charge < -0.3 is 5.32 Å². The van der Waals surface area contributed by atoms with Crippen LogP contribution in [0.5, 0.6) is 0 Å². The van der Waals surface area contributed by atoms with Crippen LogP contribution in [0.3, 0.4) is 0 Å². The lowest BCUT2D eigenvalue weighted by Crippen LogP contribution is -2.23. The van der Waals surface area contributed by atoms with Gasteiger partial charge in [0.25, 0.3) is 0 Å². The van der Waals surface area contributed by atoms with Gasteiger partial charge in [-0.2, -0.15) is 5.10 Å². The molecule has 1 aromatic heterocycles. The SMILES string of the molecule is CC(=O)Nc1c(I)nn(C(C)(C)C)c1Br. The Morgan fingerprint density at radius 2 is 2.07 bits per heavy atom. The summed E-state index contributed by atoms with van der Waals surface area (Å²) in [7, 11) is 0. The highest BCUT2D eigenvalue weighted by Gasteiger charge is 2.22. The highest BCUT2D eigenvalue weighted by molar-refractivity contribution is 14.1. The molecule has 1 amide bonds. The van der Waals surface area contributed by atoms with Gasteiger partial charge in [-0.05, 0) is 59.3 Å². The van der Waals surface area contributed by atoms with Crippen LogP contribution >= 0.6 is 38.5 Å². The molecule has 0 unspecified atom stereocenters. The second-order valence-electron chi connectivity index (χ2n) is 4.22. The fourth-order valence-corrected chi connectivity index (χ4v) is 2.97. The van der Waals surface area contributed by atoms with Crippen LogP contribution in [-0.2, 0) is 10.3 Å². The monoisotopic (exact) mass is 385 g/mol. The molecule has 0 spiro atoms. The van der Waals surface area contributed by atoms with E-state index in [0.29, 0.717) is 0 Å². The van der Waals surface area contributed by atoms with Crippen molar-refractivity contribution in [2.75, 3.05) is 5.32 Å². The van der Waals surface area contributed by atoms with E-state index in [0.717, 1.165) is 14.0 Å². The van der Waals surface area contributed by atoms with Gasteiger partial charge in [0.05, 0.1) is 5.54 Å². The van der Waals surface area contributed by atoms with E-state index in [1.54, 1.807) is 0 Å². The van der Waals surface area contributed by atoms with Crippen molar-refractivity contribution >= 4 is 50.1 Å². The van der Waals surface area contributed by atoms with E-state index in [1.807, 2.05) is 4.68 Å². The first kappa shape index (κ1) is 13.0. The normalized spacial score (nSPS) is 11.6. The van der Waals surface area contributed by atoms with Gasteiger partial charge in [-0.3, -0.25) is 4.79 Å². The van der Waals surface area contributed by atoms with Crippen molar-refractivity contribution < 1.29 is 4.79 Å². The molecule has 0 aromatic carbocycles. The minimum atomic E-state index is -0.116. The van der Waals surface area contributed by atoms with E-state index in [2.05, 4.69) is 69.7 Å². The summed E-state index contributed by atoms with van der Waals surface area (Å²) < 4.78 is 3.43. The number of anilines is 1. The lowest BCUT2D eigenvalue weighted by molar-refractivity contribution is -0.114. The Balaban J connectivity index is 3.21. The summed E-state index contributed by atoms with van der Waals surface area (Å²) in [6.45, 7) is 7.64. The number of carbonyl (C=O) groups is 1. The summed E-state index contributed by atoms with van der Waals surface area (Å²) in [6.07, 6.45) is 0. The Kier molecular flexibility index (Phi) is 3.80. The zero-order chi connectivity index (χ0) is 11.8. The third-order valence-electron chi connectivity index (χ3n) is 1.72. The van der Waals surface area contributed by atoms with Gasteiger partial charge >= 0.3 is 0 Å². The van der Waals surface area contributed by atoms with E-state index in [4.69, 9.17) is 0 Å². The molecule has 15 heavy (non-hydrogen) atoms. The van der Waals surface area contributed by atoms with E-state index in [-0.39, 0.29) is 11.4 Å². The topological polar surface area (TPSA) is 46.9 Å². The quantitative estimate of drug-likeness (QED) is 0.755. The van der Waals surface area contributed by atoms with Gasteiger partial charge in [-0.15, -0.1) is 0 Å². The van der Waals surface area contributed by atoms with Gasteiger partial charge in [0, 0.05) is 6.92 Å². The Labute approximate surface area is 111 Å². The molecule has 0 atom stereocenters. The van der Waals surface area contributed by atoms with Crippen molar-refractivity contribution in [2.45, 2.75) is 33.2 Å². The van der Waals surface area contributed by atoms with Crippen LogP contribution in [0.25, 0.3) is 0 Å². The maximum absolute atomic E-state index is 11.0. The number of halogens is 2. The zero-order valence-electron chi connectivity index (χ0n) is 9.06. The fourth-order valence-electron chi connectivity index (χ4n) is 1.10. The second-order valence-corrected chi connectivity index (χ2v) is 5.99. The minimum Gasteiger partial charge on any atom is -0.322 e. The number of aromatic nitrogens is 2. The Bertz CT molecular complexity index is 395. The van der Waals surface area contributed by atoms with Crippen LogP contribution in [0.4, 0.5) is 5.69 Å². The summed E-state index contributed by atoms with van der Waals surface area (Å²) in [6, 6.07) is 0. The molecule has 0 aliphatic rings. The average molecular weight is 386 g/mol. The number of rotatable bonds is 1. The first-order valence-electron chi connectivity index (χ1n) is 4.45. The molecule has 1 aromatic rings. The minimum absolute atomic E-state index is 0.0953. The maximum Gasteiger partial charge on any atom is 0.221 e. The molecule has 0 saturated carbocycles. The van der Waals surface area contributed by atoms with Crippen molar-refractivity contribution in [1.82, 2.24) is 9.78 Å². The predicted octanol–water partition coefficient (Wildman–Crippen LogP) is 2.96. The summed E-state index contributed by atoms with van der Waals surface area (Å²) in [5.41, 5.74) is 0.619. The molecule has 0 saturated heterocycles. The number of hydrogen-bond acceptors (Lipinski definition) is 2. The molecule has 0 radical (unpaired) electrons. The van der Waals surface area contributed by atoms with Gasteiger partial charge in [-0.25, -0.2) is 4.68 Å². The highest BCUT2D eigenvalue weighted by Crippen LogP contribution is 2.31. The largest absolute Gasteiger partial charge is 0.322 e. The van der Waals surface area contributed by atoms with Crippen LogP contribution < -0.4 is 5.32 Å². The first-order chi connectivity index (χ1) is 6.73. The molecule has 4 nitrogen and oxygen atoms in total. The summed E-state index contributed by atoms with van der Waals surface area (Å²) in [5.74, 6) is -0.0953. The molecule has 0 fully saturated rings. The number of amides is 1. The zero-order valence-corrected chi connectivity index (χ0v) is 12.8. The molecule has 1 rings (SSSR count). The van der Waals surface area contributed by atoms with E-state index < -0.39 is 0 Å². The predicted molar refractivity (Wildman–Crippen MR) is 71.9 cm³/mol. The third kappa shape index (κ3) is 2.93. The standard InChI is InChI=1S/C9H13BrIN3O/c1-5(15)12-6-7(10)14(9(2,3)4)13-8(6)11/h1-4H3,(H,12,15). The van der Waals surface area contributed by atoms with E-state index >= 15 is 0 Å². The molecule has 1 heterocycles. The smallest absolute Gasteiger partial charge is 0.221 e. The Hall–Kier alpha value is -0.110. The number of nitrogens with zero attached hydrogens (tertiary/aromatic N) is 2. The van der Waals surface area contributed by atoms with Crippen LogP contribution in [0.2, 0.25) is 0 Å². The van der Waals surface area contributed by atoms with Gasteiger partial charge in [-0.1, -0.05) is 0 Å². The third-order valence-corrected chi connectivity index (χ3v) is 3.21. The van der Waals surface area contributed by atoms with Crippen molar-refractivity contribution in [1.29, 1.82) is 0 Å². The van der Waals surface area contributed by atoms with Gasteiger partial charge in [0.15, 0.2) is 0 Å². The Morgan fingerprint density at radius 3 is 2.40 bits per heavy atom. The highest BCUT2D eigenvalue weighted by atomic mass is 127. The summed E-state index contributed by atoms with van der Waals surface area (Å²) in [5, 5.41) is 7.13. The summed E-state index contributed by atoms with van der Waals surface area (Å²) >= 11 is 5.55. The first-order valence-corrected chi connectivity index (χ1v) is 6.32. The number of carbonyl (C=O) groups excluding carboxylic acids is 1. The van der Waals surface area contributed by atoms with E-state index in [1.165, 1.54) is 6.92 Å². The molecule has 84 valence electrons. The van der Waals surface area contributed by atoms with Crippen molar-refractivity contribution in [3.63, 3.8) is 0 Å². The Morgan fingerprint density at radius 1 is 1.53 bits per heavy atom. The lowest BCUT2D eigenvalue weighted by Gasteiger charge is -2.20. The average Bonchev–Trinajstić information content (AvgIpc) is 2.30. The second kappa shape index (κ2) is 4.40. The van der Waals surface area contributed by atoms with Crippen LogP contribution in [-0.4, -0.2) is 15.7 Å². The van der Waals surface area contributed by atoms with Crippen LogP contribution in [0.1, 0.15) is 27.7 Å². The molecule has 6 heteroatoms. The van der Waals surface area contributed by atoms with E-state index in [9.17, 15) is 4.79 Å². The molecule has 0 aliphatic carbocycles. The van der Waals surface area contributed by atoms with Crippen LogP contribution in [0, 0.1) is 3.70 Å². The van der Waals surface area contributed by atoms with Gasteiger partial charge in [0.2, 0.25) is 5.91 Å². The van der Waals surface area contributed by atoms with Crippen molar-refractivity contribution in [3.05, 3.63) is 8.30 Å². The molecule has 0 aliphatic heterocycles. The number of hydrogen-bond donors (Lipinski definition) is 1. The molecule has 1 N–H and O–H groups in total. The molecule has 0 bridgehead atoms. The fraction of sp³-hybridized carbons (Fsp3) is 0.556. The molecular formula is C9H13BrIN3O. The van der Waals surface area contributed by atoms with Crippen molar-refractivity contribution in [3.8, 4) is 0 Å². The molecular weight excluding hydrogens is 373 g/mol. The summed E-state index contributed by atoms with van der Waals surface area (Å²) in [4.78, 5) is 11.0. The maximum atomic E-state index is 11.0. The number of nitrogens with one attached hydrogen (secondary N) is 1. The van der Waals surface area contributed by atoms with Crippen molar-refractivity contribution in [2.24, 2.45) is 0 Å². The lowest BCUT2D eigenvalue weighted by atomic mass is 10.1.